The number of aliphatic hydroxyl groups is 4. The van der Waals surface area contributed by atoms with Gasteiger partial charge in [0.2, 0.25) is 0 Å². The molecule has 0 aromatic heterocycles. The first-order chi connectivity index (χ1) is 64.5. The van der Waals surface area contributed by atoms with Gasteiger partial charge in [0, 0.05) is 51.5 Å². The first kappa shape index (κ1) is 138. The van der Waals surface area contributed by atoms with Crippen LogP contribution in [0.3, 0.4) is 0 Å². The molecule has 134 heavy (non-hydrogen) atoms. The number of Topliss-reactive ketones (excluding diaryl/α,β-unsaturated/α-hetero) is 1. The Labute approximate surface area is 864 Å². The molecule has 5 aliphatic heterocycles. The van der Waals surface area contributed by atoms with Crippen LogP contribution in [0.25, 0.3) is 0 Å². The van der Waals surface area contributed by atoms with E-state index in [-0.39, 0.29) is 75.4 Å². The Balaban J connectivity index is -0.000000711. The van der Waals surface area contributed by atoms with Crippen molar-refractivity contribution in [2.24, 2.45) is 0 Å². The van der Waals surface area contributed by atoms with Gasteiger partial charge in [0.1, 0.15) is 80.5 Å². The molecule has 0 saturated carbocycles. The number of ketones is 1. The van der Waals surface area contributed by atoms with Crippen LogP contribution in [-0.4, -0.2) is 244 Å². The molecule has 3 aromatic carbocycles. The topological polar surface area (TPSA) is 283 Å². The highest BCUT2D eigenvalue weighted by Crippen LogP contribution is 2.59. The average molecular weight is 2330 g/mol. The molecule has 36 heteroatoms. The molecule has 772 valence electrons. The van der Waals surface area contributed by atoms with E-state index in [0.717, 1.165) is 153 Å². The summed E-state index contributed by atoms with van der Waals surface area (Å²) in [5, 5.41) is 37.1. The molecule has 0 amide bonds. The lowest BCUT2D eigenvalue weighted by Crippen LogP contribution is -2.27. The third-order valence-electron chi connectivity index (χ3n) is 16.1. The van der Waals surface area contributed by atoms with Crippen LogP contribution in [0.4, 0.5) is 0 Å². The number of aliphatic hydroxyl groups excluding tert-OH is 4. The summed E-state index contributed by atoms with van der Waals surface area (Å²) in [5.74, 6) is 4.48. The third kappa shape index (κ3) is 94.2. The lowest BCUT2D eigenvalue weighted by atomic mass is 10.2. The monoisotopic (exact) mass is 2320 g/mol. The summed E-state index contributed by atoms with van der Waals surface area (Å²) >= 11 is 26.0. The van der Waals surface area contributed by atoms with Gasteiger partial charge in [-0.2, -0.15) is 0 Å². The van der Waals surface area contributed by atoms with Crippen LogP contribution in [0.2, 0.25) is 0 Å². The normalized spacial score (nSPS) is 16.5. The molecule has 5 saturated heterocycles. The van der Waals surface area contributed by atoms with Gasteiger partial charge >= 0.3 is 0 Å². The zero-order valence-electron chi connectivity index (χ0n) is 81.9. The van der Waals surface area contributed by atoms with Gasteiger partial charge in [-0.25, -0.2) is 0 Å². The molecule has 5 aliphatic rings. The van der Waals surface area contributed by atoms with Crippen LogP contribution < -0.4 is 15.9 Å². The second-order valence-corrected chi connectivity index (χ2v) is 52.2. The average Bonchev–Trinajstić information content (AvgIpc) is 0.763. The molecule has 5 heterocycles. The predicted octanol–water partition coefficient (Wildman–Crippen LogP) is 24.8. The minimum Gasteiger partial charge on any atom is -0.516 e. The molecular formula is C98H160Br5ClO25P2S3. The van der Waals surface area contributed by atoms with Crippen molar-refractivity contribution in [3.63, 3.8) is 0 Å². The number of hydrogen-bond donors (Lipinski definition) is 4. The molecular weight excluding hydrogens is 2170 g/mol. The Morgan fingerprint density at radius 1 is 0.410 bits per heavy atom. The van der Waals surface area contributed by atoms with Crippen LogP contribution in [0.15, 0.2) is 211 Å². The fourth-order valence-electron chi connectivity index (χ4n) is 9.84. The van der Waals surface area contributed by atoms with Crippen molar-refractivity contribution in [3.8, 4) is 0 Å². The Kier molecular flexibility index (Phi) is 106. The smallest absolute Gasteiger partial charge is 0.160 e. The van der Waals surface area contributed by atoms with Crippen LogP contribution in [0, 0.1) is 0 Å². The maximum absolute atomic E-state index is 9.56. The second kappa shape index (κ2) is 103. The standard InChI is InChI=1S/C21H21OPS.C14H24O4.C12H22O4S.C10H18O4.C9H15BrO2.C9H16O3.C6H11BrO2.C6H12O2S.C4H7Cl.C4H8O.C3H6O2.Br3P/c1-24-18-22-17-23(19-11-5-2-6-12-19,20-13-7-3-8-14-20)21-15-9-4-10-16-21;1-12(2)8-15-9-13(3)10-16-11-18-14-6-4-5-7-17-14;1-11(8-14-10-17-2)7-13-9-16-12-5-3-4-6-15-12;1-9(6-11)7-12-8-14-10-4-2-3-5-13-10;2*1-8(2)4-11-5-9(3)6-12-7-10;7-5-9-6-3-1-2-4-8-6;1-6(3-7)4-8-5-9-2;1-4(2)3-5;1-2-4-5-3-1;1-3(5)2-4;1-4(2)3/h2-17H,18H2,1H3;9,14H,1,4-8,10-11H2,2-3H3;8,12H,3-7,9-10H2,1-2H3;6,10-11H,2-5,7-8H2,1H3;5H,1,4,6-7H2,2-3H3;5,10H,1,4,6-7H2,2-3H3;6H,1-5H2;4,7H,3,5H2,1-2H3;1,3H2,2H3;1-4H2;4H,2H2,1H3;/b;13-9+;11-8+;9-6+;2*9-5+;;6-4+;;;;. The Morgan fingerprint density at radius 3 is 0.955 bits per heavy atom. The summed E-state index contributed by atoms with van der Waals surface area (Å²) < 4.78 is 105. The third-order valence-corrected chi connectivity index (χ3v) is 22.0. The number of thioether (sulfide) groups is 3. The van der Waals surface area contributed by atoms with E-state index in [9.17, 15) is 4.79 Å². The number of carbonyl (C=O) groups is 1. The molecule has 25 nitrogen and oxygen atoms in total. The molecule has 5 fully saturated rings. The molecule has 0 spiro atoms. The first-order valence-corrected chi connectivity index (χ1v) is 60.2. The summed E-state index contributed by atoms with van der Waals surface area (Å²) in [5.41, 5.74) is 10.8. The molecule has 0 aliphatic carbocycles. The molecule has 0 bridgehead atoms. The Hall–Kier alpha value is -2.72. The number of rotatable bonds is 47. The Morgan fingerprint density at radius 2 is 0.701 bits per heavy atom. The lowest BCUT2D eigenvalue weighted by molar-refractivity contribution is -0.207. The van der Waals surface area contributed by atoms with Gasteiger partial charge < -0.3 is 115 Å². The summed E-state index contributed by atoms with van der Waals surface area (Å²) in [6.07, 6.45) is 30.9. The van der Waals surface area contributed by atoms with E-state index in [2.05, 4.69) is 208 Å². The number of allylic oxidation sites excluding steroid dienone is 1. The van der Waals surface area contributed by atoms with Crippen molar-refractivity contribution < 1.29 is 120 Å². The second-order valence-electron chi connectivity index (χ2n) is 30.1. The summed E-state index contributed by atoms with van der Waals surface area (Å²) in [7, 11) is 0. The Bertz CT molecular complexity index is 3320. The van der Waals surface area contributed by atoms with Gasteiger partial charge in [-0.15, -0.1) is 46.9 Å². The van der Waals surface area contributed by atoms with Gasteiger partial charge in [-0.3, -0.25) is 4.79 Å². The van der Waals surface area contributed by atoms with E-state index in [1.807, 2.05) is 74.8 Å². The number of carbonyl (C=O) groups excluding carboxylic acids is 1. The van der Waals surface area contributed by atoms with E-state index in [4.69, 9.17) is 127 Å². The lowest BCUT2D eigenvalue weighted by Gasteiger charge is -2.28. The zero-order valence-corrected chi connectivity index (χ0v) is 94.8. The van der Waals surface area contributed by atoms with Crippen molar-refractivity contribution in [2.45, 2.75) is 191 Å². The molecule has 4 N–H and O–H groups in total. The first-order valence-electron chi connectivity index (χ1n) is 43.9. The fourth-order valence-corrected chi connectivity index (χ4v) is 14.5. The summed E-state index contributed by atoms with van der Waals surface area (Å²) in [4.78, 5) is 9.56. The van der Waals surface area contributed by atoms with Gasteiger partial charge in [-0.05, 0) is 304 Å². The van der Waals surface area contributed by atoms with Crippen molar-refractivity contribution >= 4 is 164 Å². The van der Waals surface area contributed by atoms with Crippen molar-refractivity contribution in [3.05, 3.63) is 211 Å². The van der Waals surface area contributed by atoms with Gasteiger partial charge in [-0.1, -0.05) is 155 Å². The van der Waals surface area contributed by atoms with E-state index >= 15 is 0 Å². The number of alkyl halides is 3. The maximum atomic E-state index is 9.56. The van der Waals surface area contributed by atoms with Crippen molar-refractivity contribution in [2.75, 3.05) is 186 Å². The van der Waals surface area contributed by atoms with Crippen LogP contribution >= 0.6 is 136 Å². The van der Waals surface area contributed by atoms with E-state index < -0.39 is 6.89 Å². The fraction of sp³-hybridized carbons (Fsp3) is 0.592. The van der Waals surface area contributed by atoms with Gasteiger partial charge in [0.05, 0.1) is 83.2 Å². The van der Waals surface area contributed by atoms with Gasteiger partial charge in [0.15, 0.2) is 30.9 Å². The van der Waals surface area contributed by atoms with Crippen molar-refractivity contribution in [1.29, 1.82) is 0 Å². The van der Waals surface area contributed by atoms with E-state index in [1.54, 1.807) is 73.5 Å². The molecule has 4 atom stereocenters. The van der Waals surface area contributed by atoms with Crippen LogP contribution in [0.5, 0.6) is 0 Å². The van der Waals surface area contributed by atoms with E-state index in [1.165, 1.54) is 61.4 Å². The zero-order chi connectivity index (χ0) is 101. The number of benzene rings is 3. The largest absolute Gasteiger partial charge is 0.516 e. The summed E-state index contributed by atoms with van der Waals surface area (Å²) in [6.45, 7) is 42.6. The minimum absolute atomic E-state index is 0.0538. The molecule has 3 aromatic rings. The van der Waals surface area contributed by atoms with Crippen LogP contribution in [-0.2, 0) is 99.5 Å². The molecule has 8 rings (SSSR count). The quantitative estimate of drug-likeness (QED) is 0.0102. The number of ether oxygens (including phenoxy) is 20. The highest BCUT2D eigenvalue weighted by Gasteiger charge is 2.26. The minimum atomic E-state index is -1.94. The number of hydrogen-bond acceptors (Lipinski definition) is 28. The SMILES string of the molecule is BrCOC1CCCCO1.BrP(Br)Br.C/C(=C\O)COCOC1CCCCO1.C1CCOC1.C=C(C)CCl.C=C(C)CO/C=C(\C)COCBr.C=C(C)CO/C=C(\C)COCO.C=C(C)CO/C=C(\C)COCOC1CCCCO1.CC(=O)CO.CSCO/C=C(\C)CO.CSCO/C=C(\C)COCOC1CCCCO1.CSCOC=P(c1ccccc1)(c1ccccc1)c1ccccc1. The molecule has 0 radical (unpaired) electrons. The highest BCUT2D eigenvalue weighted by molar-refractivity contribution is 9.93. The van der Waals surface area contributed by atoms with E-state index in [0.29, 0.717) is 87.6 Å². The summed E-state index contributed by atoms with van der Waals surface area (Å²) in [6, 6.07) is 32.1. The number of halogens is 6. The van der Waals surface area contributed by atoms with Gasteiger partial charge in [0.25, 0.3) is 0 Å². The van der Waals surface area contributed by atoms with Crippen molar-refractivity contribution in [1.82, 2.24) is 0 Å². The predicted molar refractivity (Wildman–Crippen MR) is 579 cm³/mol. The maximum Gasteiger partial charge on any atom is 0.160 e. The molecule has 4 unspecified atom stereocenters. The highest BCUT2D eigenvalue weighted by atomic mass is 80.0. The van der Waals surface area contributed by atoms with Crippen LogP contribution in [0.1, 0.15) is 166 Å².